The predicted molar refractivity (Wildman–Crippen MR) is 97.5 cm³/mol. The Balaban J connectivity index is 1.78. The van der Waals surface area contributed by atoms with Crippen molar-refractivity contribution in [3.63, 3.8) is 0 Å². The third-order valence-corrected chi connectivity index (χ3v) is 4.51. The Hall–Kier alpha value is -3.14. The van der Waals surface area contributed by atoms with E-state index < -0.39 is 11.6 Å². The summed E-state index contributed by atoms with van der Waals surface area (Å²) in [6, 6.07) is 5.23. The van der Waals surface area contributed by atoms with E-state index in [1.54, 1.807) is 50.1 Å². The van der Waals surface area contributed by atoms with Crippen LogP contribution in [0.2, 0.25) is 0 Å². The number of halogens is 1. The molecular weight excluding hydrogens is 365 g/mol. The molecule has 2 heterocycles. The van der Waals surface area contributed by atoms with Gasteiger partial charge in [0.25, 0.3) is 0 Å². The van der Waals surface area contributed by atoms with Gasteiger partial charge in [-0.1, -0.05) is 12.1 Å². The number of carbonyl (C=O) groups is 1. The summed E-state index contributed by atoms with van der Waals surface area (Å²) in [6.45, 7) is 3.24. The lowest BCUT2D eigenvalue weighted by atomic mass is 9.99. The normalized spacial score (nSPS) is 14.5. The van der Waals surface area contributed by atoms with Crippen molar-refractivity contribution in [3.8, 4) is 0 Å². The quantitative estimate of drug-likeness (QED) is 0.616. The molecule has 148 valence electrons. The third-order valence-electron chi connectivity index (χ3n) is 4.51. The summed E-state index contributed by atoms with van der Waals surface area (Å²) in [6.07, 6.45) is 3.42. The first-order valence-corrected chi connectivity index (χ1v) is 8.74. The molecule has 2 aromatic heterocycles. The highest BCUT2D eigenvalue weighted by Gasteiger charge is 2.29. The van der Waals surface area contributed by atoms with Crippen molar-refractivity contribution in [2.24, 2.45) is 7.05 Å². The fourth-order valence-corrected chi connectivity index (χ4v) is 2.88. The topological polar surface area (TPSA) is 111 Å². The molecule has 2 N–H and O–H groups in total. The van der Waals surface area contributed by atoms with Gasteiger partial charge in [0.2, 0.25) is 5.91 Å². The molecule has 9 nitrogen and oxygen atoms in total. The van der Waals surface area contributed by atoms with E-state index in [9.17, 15) is 14.3 Å². The zero-order valence-corrected chi connectivity index (χ0v) is 15.9. The Morgan fingerprint density at radius 3 is 2.82 bits per heavy atom. The van der Waals surface area contributed by atoms with E-state index in [2.05, 4.69) is 25.9 Å². The number of tetrazole rings is 1. The number of hydrogen-bond acceptors (Lipinski definition) is 6. The molecule has 0 saturated heterocycles. The van der Waals surface area contributed by atoms with Gasteiger partial charge in [0.05, 0.1) is 12.7 Å². The highest BCUT2D eigenvalue weighted by Crippen LogP contribution is 2.20. The minimum Gasteiger partial charge on any atom is -0.383 e. The number of nitrogens with one attached hydrogen (secondary N) is 1. The van der Waals surface area contributed by atoms with E-state index in [-0.39, 0.29) is 24.7 Å². The molecule has 0 radical (unpaired) electrons. The molecule has 1 aromatic carbocycles. The maximum Gasteiger partial charge on any atom is 0.245 e. The van der Waals surface area contributed by atoms with Crippen LogP contribution in [0, 0.1) is 12.7 Å². The summed E-state index contributed by atoms with van der Waals surface area (Å²) >= 11 is 0. The van der Waals surface area contributed by atoms with Crippen LogP contribution in [0.4, 0.5) is 4.39 Å². The first-order chi connectivity index (χ1) is 13.3. The van der Waals surface area contributed by atoms with E-state index in [0.29, 0.717) is 17.0 Å². The highest BCUT2D eigenvalue weighted by atomic mass is 19.1. The van der Waals surface area contributed by atoms with Gasteiger partial charge < -0.3 is 10.4 Å². The van der Waals surface area contributed by atoms with E-state index in [4.69, 9.17) is 0 Å². The first kappa shape index (κ1) is 19.6. The van der Waals surface area contributed by atoms with Crippen LogP contribution in [-0.4, -0.2) is 47.5 Å². The van der Waals surface area contributed by atoms with Gasteiger partial charge in [-0.3, -0.25) is 9.48 Å². The number of amides is 1. The molecular formula is C18H22FN7O2. The van der Waals surface area contributed by atoms with Crippen molar-refractivity contribution in [2.45, 2.75) is 31.9 Å². The molecule has 3 rings (SSSR count). The van der Waals surface area contributed by atoms with Crippen LogP contribution >= 0.6 is 0 Å². The Morgan fingerprint density at radius 1 is 1.43 bits per heavy atom. The summed E-state index contributed by atoms with van der Waals surface area (Å²) in [5.74, 6) is -0.316. The van der Waals surface area contributed by atoms with Crippen molar-refractivity contribution in [1.29, 1.82) is 0 Å². The fourth-order valence-electron chi connectivity index (χ4n) is 2.88. The number of aromatic nitrogens is 6. The minimum absolute atomic E-state index is 0.0294. The van der Waals surface area contributed by atoms with E-state index in [1.807, 2.05) is 0 Å². The number of hydrogen-bond donors (Lipinski definition) is 2. The van der Waals surface area contributed by atoms with Gasteiger partial charge in [0.1, 0.15) is 23.3 Å². The summed E-state index contributed by atoms with van der Waals surface area (Å²) in [7, 11) is 1.74. The summed E-state index contributed by atoms with van der Waals surface area (Å²) in [5.41, 5.74) is -0.0900. The third kappa shape index (κ3) is 4.39. The maximum absolute atomic E-state index is 13.5. The fraction of sp³-hybridized carbons (Fsp3) is 0.389. The van der Waals surface area contributed by atoms with Crippen molar-refractivity contribution in [3.05, 3.63) is 59.4 Å². The first-order valence-electron chi connectivity index (χ1n) is 8.74. The van der Waals surface area contributed by atoms with Crippen molar-refractivity contribution < 1.29 is 14.3 Å². The van der Waals surface area contributed by atoms with Crippen LogP contribution in [-0.2, 0) is 23.9 Å². The molecule has 0 fully saturated rings. The Bertz CT molecular complexity index is 966. The lowest BCUT2D eigenvalue weighted by Crippen LogP contribution is -2.42. The van der Waals surface area contributed by atoms with Gasteiger partial charge >= 0.3 is 0 Å². The van der Waals surface area contributed by atoms with E-state index in [1.165, 1.54) is 16.8 Å². The van der Waals surface area contributed by atoms with E-state index in [0.717, 1.165) is 0 Å². The highest BCUT2D eigenvalue weighted by molar-refractivity contribution is 5.80. The second-order valence-corrected chi connectivity index (χ2v) is 6.91. The average Bonchev–Trinajstić information content (AvgIpc) is 3.26. The number of nitrogens with zero attached hydrogens (tertiary/aromatic N) is 6. The molecule has 1 amide bonds. The van der Waals surface area contributed by atoms with Crippen LogP contribution in [0.15, 0.2) is 36.7 Å². The van der Waals surface area contributed by atoms with Crippen LogP contribution in [0.1, 0.15) is 29.9 Å². The average molecular weight is 387 g/mol. The molecule has 0 bridgehead atoms. The molecule has 0 aliphatic heterocycles. The van der Waals surface area contributed by atoms with Gasteiger partial charge in [-0.2, -0.15) is 5.10 Å². The number of rotatable bonds is 7. The summed E-state index contributed by atoms with van der Waals surface area (Å²) in [4.78, 5) is 12.9. The van der Waals surface area contributed by atoms with Crippen molar-refractivity contribution in [2.75, 3.05) is 6.54 Å². The van der Waals surface area contributed by atoms with Gasteiger partial charge in [0, 0.05) is 25.2 Å². The SMILES string of the molecule is Cc1nnnn1C(Cc1cccc(F)c1)C(=O)NCC(C)(O)c1cnn(C)c1. The lowest BCUT2D eigenvalue weighted by molar-refractivity contribution is -0.126. The van der Waals surface area contributed by atoms with Gasteiger partial charge in [-0.15, -0.1) is 5.10 Å². The van der Waals surface area contributed by atoms with Gasteiger partial charge in [0.15, 0.2) is 0 Å². The van der Waals surface area contributed by atoms with Crippen molar-refractivity contribution in [1.82, 2.24) is 35.3 Å². The van der Waals surface area contributed by atoms with Gasteiger partial charge in [-0.25, -0.2) is 9.07 Å². The predicted octanol–water partition coefficient (Wildman–Crippen LogP) is 0.662. The van der Waals surface area contributed by atoms with Gasteiger partial charge in [-0.05, 0) is 42.0 Å². The Labute approximate surface area is 161 Å². The largest absolute Gasteiger partial charge is 0.383 e. The number of benzene rings is 1. The molecule has 0 saturated carbocycles. The van der Waals surface area contributed by atoms with Crippen molar-refractivity contribution >= 4 is 5.91 Å². The van der Waals surface area contributed by atoms with Crippen LogP contribution in [0.25, 0.3) is 0 Å². The zero-order valence-electron chi connectivity index (χ0n) is 15.9. The Kier molecular flexibility index (Phi) is 5.50. The monoisotopic (exact) mass is 387 g/mol. The molecule has 0 spiro atoms. The summed E-state index contributed by atoms with van der Waals surface area (Å²) < 4.78 is 16.5. The number of aryl methyl sites for hydroxylation is 2. The Morgan fingerprint density at radius 2 is 2.21 bits per heavy atom. The molecule has 2 atom stereocenters. The molecule has 10 heteroatoms. The number of aliphatic hydroxyl groups is 1. The minimum atomic E-state index is -1.30. The molecule has 28 heavy (non-hydrogen) atoms. The summed E-state index contributed by atoms with van der Waals surface area (Å²) in [5, 5.41) is 28.8. The molecule has 2 unspecified atom stereocenters. The standard InChI is InChI=1S/C18H22FN7O2/c1-12-22-23-24-26(12)16(8-13-5-4-6-15(19)7-13)17(27)20-11-18(2,28)14-9-21-25(3)10-14/h4-7,9-10,16,28H,8,11H2,1-3H3,(H,20,27). The van der Waals surface area contributed by atoms with Crippen LogP contribution in [0.5, 0.6) is 0 Å². The zero-order chi connectivity index (χ0) is 20.3. The van der Waals surface area contributed by atoms with E-state index >= 15 is 0 Å². The molecule has 3 aromatic rings. The van der Waals surface area contributed by atoms with Crippen LogP contribution in [0.3, 0.4) is 0 Å². The molecule has 0 aliphatic rings. The number of carbonyl (C=O) groups excluding carboxylic acids is 1. The second-order valence-electron chi connectivity index (χ2n) is 6.91. The smallest absolute Gasteiger partial charge is 0.245 e. The van der Waals surface area contributed by atoms with Crippen LogP contribution < -0.4 is 5.32 Å². The molecule has 0 aliphatic carbocycles. The second kappa shape index (κ2) is 7.85. The lowest BCUT2D eigenvalue weighted by Gasteiger charge is -2.24. The maximum atomic E-state index is 13.5.